The predicted molar refractivity (Wildman–Crippen MR) is 88.3 cm³/mol. The van der Waals surface area contributed by atoms with E-state index >= 15 is 0 Å². The number of methoxy groups -OCH3 is 1. The molecule has 1 saturated heterocycles. The lowest BCUT2D eigenvalue weighted by Gasteiger charge is -2.18. The summed E-state index contributed by atoms with van der Waals surface area (Å²) in [5, 5.41) is 19.9. The Morgan fingerprint density at radius 1 is 1.27 bits per heavy atom. The van der Waals surface area contributed by atoms with Crippen molar-refractivity contribution in [2.24, 2.45) is 5.92 Å². The van der Waals surface area contributed by atoms with Crippen LogP contribution in [-0.2, 0) is 25.7 Å². The van der Waals surface area contributed by atoms with Crippen LogP contribution in [0.2, 0.25) is 0 Å². The van der Waals surface area contributed by atoms with Crippen LogP contribution in [-0.4, -0.2) is 58.6 Å². The number of likely N-dealkylation sites (tertiary alicyclic amines) is 1. The largest absolute Gasteiger partial charge is 0.497 e. The van der Waals surface area contributed by atoms with Crippen molar-refractivity contribution >= 4 is 23.8 Å². The number of nitrogens with one attached hydrogen (secondary N) is 1. The van der Waals surface area contributed by atoms with Crippen LogP contribution < -0.4 is 10.1 Å². The summed E-state index contributed by atoms with van der Waals surface area (Å²) in [6.45, 7) is 0.472. The van der Waals surface area contributed by atoms with Crippen LogP contribution in [0.15, 0.2) is 24.3 Å². The highest BCUT2D eigenvalue weighted by Gasteiger charge is 2.36. The molecule has 1 fully saturated rings. The topological polar surface area (TPSA) is 133 Å². The van der Waals surface area contributed by atoms with Gasteiger partial charge in [0.25, 0.3) is 0 Å². The minimum atomic E-state index is -1.52. The molecule has 0 aliphatic carbocycles. The van der Waals surface area contributed by atoms with Crippen molar-refractivity contribution in [2.75, 3.05) is 13.7 Å². The minimum absolute atomic E-state index is 0.0403. The number of benzene rings is 1. The van der Waals surface area contributed by atoms with Crippen LogP contribution in [0.25, 0.3) is 0 Å². The van der Waals surface area contributed by atoms with E-state index in [0.29, 0.717) is 12.3 Å². The Hall–Kier alpha value is -3.10. The monoisotopic (exact) mass is 364 g/mol. The number of carbonyl (C=O) groups excluding carboxylic acids is 2. The fourth-order valence-electron chi connectivity index (χ4n) is 2.72. The predicted octanol–water partition coefficient (Wildman–Crippen LogP) is 0.0878. The standard InChI is InChI=1S/C17H20N2O7/c1-26-12-4-2-10(3-5-12)8-19-9-11(6-14(19)20)16(23)18-13(17(24)25)7-15(21)22/h2-5,11,13H,6-9H2,1H3,(H,18,23)(H,21,22)(H,24,25). The number of hydrogen-bond donors (Lipinski definition) is 3. The van der Waals surface area contributed by atoms with Gasteiger partial charge in [-0.2, -0.15) is 0 Å². The second kappa shape index (κ2) is 8.32. The molecule has 3 N–H and O–H groups in total. The van der Waals surface area contributed by atoms with Crippen molar-refractivity contribution in [2.45, 2.75) is 25.4 Å². The van der Waals surface area contributed by atoms with E-state index in [1.54, 1.807) is 19.2 Å². The number of aliphatic carboxylic acids is 2. The molecule has 9 heteroatoms. The summed E-state index contributed by atoms with van der Waals surface area (Å²) in [6, 6.07) is 5.64. The van der Waals surface area contributed by atoms with Gasteiger partial charge in [0.15, 0.2) is 0 Å². The summed E-state index contributed by atoms with van der Waals surface area (Å²) in [6.07, 6.45) is -0.765. The Morgan fingerprint density at radius 2 is 1.92 bits per heavy atom. The third kappa shape index (κ3) is 4.95. The zero-order valence-corrected chi connectivity index (χ0v) is 14.2. The van der Waals surface area contributed by atoms with Crippen molar-refractivity contribution in [1.29, 1.82) is 0 Å². The van der Waals surface area contributed by atoms with Crippen molar-refractivity contribution in [3.05, 3.63) is 29.8 Å². The first-order chi connectivity index (χ1) is 12.3. The lowest BCUT2D eigenvalue weighted by Crippen LogP contribution is -2.45. The number of amides is 2. The first-order valence-electron chi connectivity index (χ1n) is 7.95. The molecule has 0 saturated carbocycles. The number of nitrogens with zero attached hydrogens (tertiary/aromatic N) is 1. The van der Waals surface area contributed by atoms with Crippen LogP contribution in [0.4, 0.5) is 0 Å². The molecule has 2 rings (SSSR count). The Balaban J connectivity index is 1.95. The maximum atomic E-state index is 12.2. The first-order valence-corrected chi connectivity index (χ1v) is 7.95. The molecule has 1 heterocycles. The van der Waals surface area contributed by atoms with Crippen LogP contribution >= 0.6 is 0 Å². The highest BCUT2D eigenvalue weighted by Crippen LogP contribution is 2.21. The SMILES string of the molecule is COc1ccc(CN2CC(C(=O)NC(CC(=O)O)C(=O)O)CC2=O)cc1. The summed E-state index contributed by atoms with van der Waals surface area (Å²) in [5.74, 6) is -3.63. The van der Waals surface area contributed by atoms with Gasteiger partial charge in [-0.05, 0) is 17.7 Å². The third-order valence-electron chi connectivity index (χ3n) is 4.11. The number of carbonyl (C=O) groups is 4. The van der Waals surface area contributed by atoms with Crippen molar-refractivity contribution in [1.82, 2.24) is 10.2 Å². The molecule has 2 amide bonds. The van der Waals surface area contributed by atoms with Gasteiger partial charge in [-0.3, -0.25) is 14.4 Å². The first kappa shape index (κ1) is 19.2. The lowest BCUT2D eigenvalue weighted by molar-refractivity contribution is -0.147. The van der Waals surface area contributed by atoms with Gasteiger partial charge in [0.2, 0.25) is 11.8 Å². The average molecular weight is 364 g/mol. The quantitative estimate of drug-likeness (QED) is 0.595. The number of rotatable bonds is 8. The lowest BCUT2D eigenvalue weighted by atomic mass is 10.1. The van der Waals surface area contributed by atoms with Crippen molar-refractivity contribution < 1.29 is 34.1 Å². The third-order valence-corrected chi connectivity index (χ3v) is 4.11. The summed E-state index contributed by atoms with van der Waals surface area (Å²) in [4.78, 5) is 47.6. The van der Waals surface area contributed by atoms with E-state index in [1.807, 2.05) is 12.1 Å². The molecule has 1 aromatic rings. The molecule has 0 spiro atoms. The highest BCUT2D eigenvalue weighted by atomic mass is 16.5. The summed E-state index contributed by atoms with van der Waals surface area (Å²) in [7, 11) is 1.55. The van der Waals surface area contributed by atoms with Gasteiger partial charge in [-0.25, -0.2) is 4.79 Å². The second-order valence-electron chi connectivity index (χ2n) is 6.02. The molecule has 9 nitrogen and oxygen atoms in total. The Bertz CT molecular complexity index is 702. The Morgan fingerprint density at radius 3 is 2.46 bits per heavy atom. The molecule has 0 bridgehead atoms. The summed E-state index contributed by atoms with van der Waals surface area (Å²) in [5.41, 5.74) is 0.870. The van der Waals surface area contributed by atoms with E-state index in [4.69, 9.17) is 14.9 Å². The number of carboxylic acid groups (broad SMARTS) is 2. The van der Waals surface area contributed by atoms with Gasteiger partial charge in [0, 0.05) is 19.5 Å². The van der Waals surface area contributed by atoms with Gasteiger partial charge < -0.3 is 25.2 Å². The molecule has 1 aromatic carbocycles. The minimum Gasteiger partial charge on any atom is -0.497 e. The van der Waals surface area contributed by atoms with Crippen LogP contribution in [0.1, 0.15) is 18.4 Å². The Labute approximate surface area is 149 Å². The zero-order valence-electron chi connectivity index (χ0n) is 14.2. The maximum Gasteiger partial charge on any atom is 0.326 e. The van der Waals surface area contributed by atoms with E-state index in [-0.39, 0.29) is 18.9 Å². The summed E-state index contributed by atoms with van der Waals surface area (Å²) < 4.78 is 5.07. The molecule has 1 aliphatic rings. The molecular formula is C17H20N2O7. The van der Waals surface area contributed by atoms with Crippen LogP contribution in [0.3, 0.4) is 0 Å². The molecule has 1 aliphatic heterocycles. The molecule has 2 atom stereocenters. The molecule has 0 radical (unpaired) electrons. The van der Waals surface area contributed by atoms with Gasteiger partial charge in [0.1, 0.15) is 11.8 Å². The maximum absolute atomic E-state index is 12.2. The molecule has 26 heavy (non-hydrogen) atoms. The van der Waals surface area contributed by atoms with E-state index in [0.717, 1.165) is 5.56 Å². The van der Waals surface area contributed by atoms with E-state index in [9.17, 15) is 19.2 Å². The fourth-order valence-corrected chi connectivity index (χ4v) is 2.72. The molecular weight excluding hydrogens is 344 g/mol. The van der Waals surface area contributed by atoms with E-state index < -0.39 is 36.2 Å². The number of carboxylic acids is 2. The second-order valence-corrected chi connectivity index (χ2v) is 6.02. The highest BCUT2D eigenvalue weighted by molar-refractivity contribution is 5.92. The zero-order chi connectivity index (χ0) is 19.3. The number of ether oxygens (including phenoxy) is 1. The van der Waals surface area contributed by atoms with Crippen molar-refractivity contribution in [3.63, 3.8) is 0 Å². The van der Waals surface area contributed by atoms with Gasteiger partial charge >= 0.3 is 11.9 Å². The van der Waals surface area contributed by atoms with Crippen LogP contribution in [0.5, 0.6) is 5.75 Å². The van der Waals surface area contributed by atoms with Gasteiger partial charge in [0.05, 0.1) is 19.4 Å². The molecule has 0 aromatic heterocycles. The van der Waals surface area contributed by atoms with Gasteiger partial charge in [-0.1, -0.05) is 12.1 Å². The fraction of sp³-hybridized carbons (Fsp3) is 0.412. The smallest absolute Gasteiger partial charge is 0.326 e. The van der Waals surface area contributed by atoms with Crippen molar-refractivity contribution in [3.8, 4) is 5.75 Å². The molecule has 140 valence electrons. The normalized spacial score (nSPS) is 17.7. The summed E-state index contributed by atoms with van der Waals surface area (Å²) >= 11 is 0. The number of hydrogen-bond acceptors (Lipinski definition) is 5. The molecule has 2 unspecified atom stereocenters. The van der Waals surface area contributed by atoms with Gasteiger partial charge in [-0.15, -0.1) is 0 Å². The van der Waals surface area contributed by atoms with Crippen LogP contribution in [0, 0.1) is 5.92 Å². The van der Waals surface area contributed by atoms with E-state index in [1.165, 1.54) is 4.90 Å². The Kier molecular flexibility index (Phi) is 6.16. The van der Waals surface area contributed by atoms with E-state index in [2.05, 4.69) is 5.32 Å². The average Bonchev–Trinajstić information content (AvgIpc) is 2.95.